The summed E-state index contributed by atoms with van der Waals surface area (Å²) < 4.78 is 5.24. The minimum Gasteiger partial charge on any atom is -0.357 e. The lowest BCUT2D eigenvalue weighted by atomic mass is 9.94. The average Bonchev–Trinajstić information content (AvgIpc) is 3.06. The number of hydrogen-bond acceptors (Lipinski definition) is 2. The Morgan fingerprint density at radius 3 is 2.47 bits per heavy atom. The molecule has 0 aromatic heterocycles. The molecule has 0 radical (unpaired) electrons. The fourth-order valence-corrected chi connectivity index (χ4v) is 2.12. The van der Waals surface area contributed by atoms with Crippen molar-refractivity contribution in [2.45, 2.75) is 58.6 Å². The Morgan fingerprint density at radius 1 is 1.27 bits per heavy atom. The second kappa shape index (κ2) is 7.24. The van der Waals surface area contributed by atoms with Gasteiger partial charge in [-0.25, -0.2) is 0 Å². The molecule has 90 valence electrons. The predicted molar refractivity (Wildman–Crippen MR) is 64.9 cm³/mol. The fourth-order valence-electron chi connectivity index (χ4n) is 2.12. The number of rotatable bonds is 9. The Bertz CT molecular complexity index is 157. The normalized spacial score (nSPS) is 22.0. The van der Waals surface area contributed by atoms with Crippen LogP contribution in [0.4, 0.5) is 0 Å². The molecule has 1 saturated heterocycles. The first kappa shape index (κ1) is 13.0. The first-order valence-electron chi connectivity index (χ1n) is 6.59. The number of likely N-dealkylation sites (N-methyl/N-ethyl adjacent to an activating group) is 1. The van der Waals surface area contributed by atoms with Crippen molar-refractivity contribution in [2.24, 2.45) is 5.92 Å². The van der Waals surface area contributed by atoms with Gasteiger partial charge in [0.25, 0.3) is 0 Å². The first-order valence-corrected chi connectivity index (χ1v) is 6.59. The van der Waals surface area contributed by atoms with Crippen LogP contribution >= 0.6 is 0 Å². The molecule has 15 heavy (non-hydrogen) atoms. The predicted octanol–water partition coefficient (Wildman–Crippen LogP) is 3.27. The van der Waals surface area contributed by atoms with Crippen molar-refractivity contribution >= 4 is 0 Å². The monoisotopic (exact) mass is 213 g/mol. The molecule has 1 rings (SSSR count). The summed E-state index contributed by atoms with van der Waals surface area (Å²) in [5.41, 5.74) is 0. The minimum atomic E-state index is 0.445. The van der Waals surface area contributed by atoms with Gasteiger partial charge in [-0.1, -0.05) is 39.5 Å². The van der Waals surface area contributed by atoms with Crippen molar-refractivity contribution in [1.82, 2.24) is 4.90 Å². The fraction of sp³-hybridized carbons (Fsp3) is 1.00. The lowest BCUT2D eigenvalue weighted by Crippen LogP contribution is -2.23. The molecule has 0 aromatic rings. The maximum atomic E-state index is 5.24. The van der Waals surface area contributed by atoms with Gasteiger partial charge in [0.2, 0.25) is 0 Å². The summed E-state index contributed by atoms with van der Waals surface area (Å²) in [6.45, 7) is 6.76. The number of epoxide rings is 1. The van der Waals surface area contributed by atoms with Crippen LogP contribution in [0.2, 0.25) is 0 Å². The SMILES string of the molecule is CCCCC(CC)CCCN(C)C1CO1. The van der Waals surface area contributed by atoms with E-state index in [2.05, 4.69) is 25.8 Å². The van der Waals surface area contributed by atoms with Crippen LogP contribution in [0.3, 0.4) is 0 Å². The Hall–Kier alpha value is -0.0800. The van der Waals surface area contributed by atoms with E-state index in [-0.39, 0.29) is 0 Å². The zero-order valence-corrected chi connectivity index (χ0v) is 10.7. The summed E-state index contributed by atoms with van der Waals surface area (Å²) in [5.74, 6) is 0.957. The topological polar surface area (TPSA) is 15.8 Å². The molecule has 0 spiro atoms. The van der Waals surface area contributed by atoms with Crippen molar-refractivity contribution in [1.29, 1.82) is 0 Å². The summed E-state index contributed by atoms with van der Waals surface area (Å²) in [4.78, 5) is 2.34. The molecule has 1 heterocycles. The number of hydrogen-bond donors (Lipinski definition) is 0. The molecule has 1 aliphatic heterocycles. The van der Waals surface area contributed by atoms with Gasteiger partial charge in [-0.15, -0.1) is 0 Å². The smallest absolute Gasteiger partial charge is 0.134 e. The third-order valence-corrected chi connectivity index (χ3v) is 3.47. The third kappa shape index (κ3) is 5.53. The molecule has 2 nitrogen and oxygen atoms in total. The van der Waals surface area contributed by atoms with Crippen LogP contribution < -0.4 is 0 Å². The highest BCUT2D eigenvalue weighted by molar-refractivity contribution is 4.69. The summed E-state index contributed by atoms with van der Waals surface area (Å²) in [7, 11) is 2.17. The van der Waals surface area contributed by atoms with Gasteiger partial charge in [0.05, 0.1) is 6.61 Å². The Labute approximate surface area is 95.0 Å². The van der Waals surface area contributed by atoms with Crippen molar-refractivity contribution < 1.29 is 4.74 Å². The van der Waals surface area contributed by atoms with E-state index in [1.807, 2.05) is 0 Å². The first-order chi connectivity index (χ1) is 7.27. The van der Waals surface area contributed by atoms with E-state index in [0.717, 1.165) is 12.5 Å². The molecular weight excluding hydrogens is 186 g/mol. The molecule has 2 heteroatoms. The van der Waals surface area contributed by atoms with Crippen LogP contribution in [-0.4, -0.2) is 31.3 Å². The molecule has 1 fully saturated rings. The highest BCUT2D eigenvalue weighted by Gasteiger charge is 2.26. The van der Waals surface area contributed by atoms with E-state index >= 15 is 0 Å². The maximum Gasteiger partial charge on any atom is 0.134 e. The molecular formula is C13H27NO. The number of nitrogens with zero attached hydrogens (tertiary/aromatic N) is 1. The van der Waals surface area contributed by atoms with Crippen LogP contribution in [0.5, 0.6) is 0 Å². The van der Waals surface area contributed by atoms with E-state index in [1.54, 1.807) is 0 Å². The van der Waals surface area contributed by atoms with E-state index in [1.165, 1.54) is 45.1 Å². The second-order valence-corrected chi connectivity index (χ2v) is 4.83. The van der Waals surface area contributed by atoms with E-state index < -0.39 is 0 Å². The lowest BCUT2D eigenvalue weighted by molar-refractivity contribution is 0.204. The van der Waals surface area contributed by atoms with E-state index in [0.29, 0.717) is 6.23 Å². The number of ether oxygens (including phenoxy) is 1. The molecule has 0 saturated carbocycles. The minimum absolute atomic E-state index is 0.445. The Balaban J connectivity index is 1.99. The zero-order valence-electron chi connectivity index (χ0n) is 10.7. The van der Waals surface area contributed by atoms with Crippen LogP contribution in [0.25, 0.3) is 0 Å². The van der Waals surface area contributed by atoms with Crippen molar-refractivity contribution in [3.05, 3.63) is 0 Å². The van der Waals surface area contributed by atoms with Crippen LogP contribution in [-0.2, 0) is 4.74 Å². The highest BCUT2D eigenvalue weighted by Crippen LogP contribution is 2.20. The number of unbranched alkanes of at least 4 members (excludes halogenated alkanes) is 1. The molecule has 2 atom stereocenters. The second-order valence-electron chi connectivity index (χ2n) is 4.83. The summed E-state index contributed by atoms with van der Waals surface area (Å²) in [5, 5.41) is 0. The van der Waals surface area contributed by atoms with Gasteiger partial charge in [-0.3, -0.25) is 4.90 Å². The van der Waals surface area contributed by atoms with E-state index in [9.17, 15) is 0 Å². The molecule has 0 N–H and O–H groups in total. The highest BCUT2D eigenvalue weighted by atomic mass is 16.6. The zero-order chi connectivity index (χ0) is 11.1. The van der Waals surface area contributed by atoms with Crippen molar-refractivity contribution in [2.75, 3.05) is 20.2 Å². The standard InChI is InChI=1S/C13H27NO/c1-4-6-8-12(5-2)9-7-10-14(3)13-11-15-13/h12-13H,4-11H2,1-3H3. The van der Waals surface area contributed by atoms with Crippen LogP contribution in [0.15, 0.2) is 0 Å². The van der Waals surface area contributed by atoms with Crippen LogP contribution in [0, 0.1) is 5.92 Å². The molecule has 0 aromatic carbocycles. The molecule has 0 aliphatic carbocycles. The quantitative estimate of drug-likeness (QED) is 0.546. The summed E-state index contributed by atoms with van der Waals surface area (Å²) in [6, 6.07) is 0. The van der Waals surface area contributed by atoms with Gasteiger partial charge >= 0.3 is 0 Å². The maximum absolute atomic E-state index is 5.24. The van der Waals surface area contributed by atoms with Gasteiger partial charge in [0.1, 0.15) is 6.23 Å². The van der Waals surface area contributed by atoms with Gasteiger partial charge in [-0.2, -0.15) is 0 Å². The molecule has 0 amide bonds. The molecule has 0 bridgehead atoms. The van der Waals surface area contributed by atoms with Crippen molar-refractivity contribution in [3.8, 4) is 0 Å². The van der Waals surface area contributed by atoms with Gasteiger partial charge in [0, 0.05) is 6.54 Å². The third-order valence-electron chi connectivity index (χ3n) is 3.47. The van der Waals surface area contributed by atoms with Gasteiger partial charge in [0.15, 0.2) is 0 Å². The average molecular weight is 213 g/mol. The summed E-state index contributed by atoms with van der Waals surface area (Å²) in [6.07, 6.45) is 8.69. The van der Waals surface area contributed by atoms with Crippen LogP contribution in [0.1, 0.15) is 52.4 Å². The van der Waals surface area contributed by atoms with Gasteiger partial charge < -0.3 is 4.74 Å². The van der Waals surface area contributed by atoms with E-state index in [4.69, 9.17) is 4.74 Å². The van der Waals surface area contributed by atoms with Crippen molar-refractivity contribution in [3.63, 3.8) is 0 Å². The summed E-state index contributed by atoms with van der Waals surface area (Å²) >= 11 is 0. The largest absolute Gasteiger partial charge is 0.357 e. The Morgan fingerprint density at radius 2 is 1.93 bits per heavy atom. The Kier molecular flexibility index (Phi) is 6.26. The molecule has 1 aliphatic rings. The molecule has 2 unspecified atom stereocenters. The van der Waals surface area contributed by atoms with Gasteiger partial charge in [-0.05, 0) is 25.8 Å². The lowest BCUT2D eigenvalue weighted by Gasteiger charge is -2.17.